The van der Waals surface area contributed by atoms with Crippen molar-refractivity contribution in [1.82, 2.24) is 9.80 Å². The van der Waals surface area contributed by atoms with E-state index < -0.39 is 24.0 Å². The Balaban J connectivity index is 1.69. The second-order valence-corrected chi connectivity index (χ2v) is 6.57. The van der Waals surface area contributed by atoms with Gasteiger partial charge in [-0.1, -0.05) is 12.1 Å². The molecule has 9 heteroatoms. The lowest BCUT2D eigenvalue weighted by Gasteiger charge is -2.36. The summed E-state index contributed by atoms with van der Waals surface area (Å²) in [6.07, 6.45) is -4.73. The van der Waals surface area contributed by atoms with Crippen molar-refractivity contribution in [2.75, 3.05) is 33.4 Å². The maximum Gasteiger partial charge on any atom is 0.471 e. The van der Waals surface area contributed by atoms with Gasteiger partial charge in [-0.3, -0.25) is 9.59 Å². The lowest BCUT2D eigenvalue weighted by atomic mass is 10.1. The highest BCUT2D eigenvalue weighted by molar-refractivity contribution is 5.90. The number of hydrogen-bond donors (Lipinski definition) is 0. The van der Waals surface area contributed by atoms with Crippen molar-refractivity contribution < 1.29 is 32.2 Å². The minimum atomic E-state index is -4.97. The zero-order chi connectivity index (χ0) is 19.6. The molecule has 0 saturated carbocycles. The summed E-state index contributed by atoms with van der Waals surface area (Å²) in [6, 6.07) is 6.15. The number of carbonyl (C=O) groups is 2. The smallest absolute Gasteiger partial charge is 0.471 e. The summed E-state index contributed by atoms with van der Waals surface area (Å²) in [4.78, 5) is 26.6. The van der Waals surface area contributed by atoms with Crippen molar-refractivity contribution in [2.24, 2.45) is 0 Å². The summed E-state index contributed by atoms with van der Waals surface area (Å²) >= 11 is 0. The third-order valence-corrected chi connectivity index (χ3v) is 4.91. The van der Waals surface area contributed by atoms with Crippen LogP contribution in [0, 0.1) is 0 Å². The molecule has 2 aliphatic heterocycles. The lowest BCUT2D eigenvalue weighted by Crippen LogP contribution is -2.53. The van der Waals surface area contributed by atoms with Gasteiger partial charge in [-0.25, -0.2) is 0 Å². The number of ether oxygens (including phenoxy) is 2. The molecule has 2 unspecified atom stereocenters. The summed E-state index contributed by atoms with van der Waals surface area (Å²) < 4.78 is 49.2. The van der Waals surface area contributed by atoms with E-state index in [-0.39, 0.29) is 38.8 Å². The van der Waals surface area contributed by atoms with Crippen LogP contribution in [0.3, 0.4) is 0 Å². The number of benzene rings is 1. The fourth-order valence-electron chi connectivity index (χ4n) is 3.51. The largest absolute Gasteiger partial charge is 0.497 e. The van der Waals surface area contributed by atoms with E-state index in [0.29, 0.717) is 17.1 Å². The second-order valence-electron chi connectivity index (χ2n) is 6.57. The monoisotopic (exact) mass is 386 g/mol. The van der Waals surface area contributed by atoms with Gasteiger partial charge < -0.3 is 19.3 Å². The highest BCUT2D eigenvalue weighted by Gasteiger charge is 2.48. The average Bonchev–Trinajstić information content (AvgIpc) is 3.15. The van der Waals surface area contributed by atoms with Crippen LogP contribution in [-0.2, 0) is 14.3 Å². The van der Waals surface area contributed by atoms with Crippen LogP contribution in [0.4, 0.5) is 13.2 Å². The minimum Gasteiger partial charge on any atom is -0.497 e. The molecule has 0 bridgehead atoms. The molecule has 3 rings (SSSR count). The van der Waals surface area contributed by atoms with E-state index in [1.54, 1.807) is 19.2 Å². The summed E-state index contributed by atoms with van der Waals surface area (Å²) in [5, 5.41) is 0. The first-order chi connectivity index (χ1) is 12.8. The molecule has 27 heavy (non-hydrogen) atoms. The van der Waals surface area contributed by atoms with E-state index in [0.717, 1.165) is 5.56 Å². The van der Waals surface area contributed by atoms with Gasteiger partial charge in [0, 0.05) is 13.1 Å². The molecule has 1 aromatic carbocycles. The third kappa shape index (κ3) is 4.18. The van der Waals surface area contributed by atoms with Crippen molar-refractivity contribution in [3.63, 3.8) is 0 Å². The highest BCUT2D eigenvalue weighted by Crippen LogP contribution is 2.29. The van der Waals surface area contributed by atoms with Gasteiger partial charge in [0.25, 0.3) is 0 Å². The summed E-state index contributed by atoms with van der Waals surface area (Å²) in [6.45, 7) is 0.745. The van der Waals surface area contributed by atoms with Crippen LogP contribution in [0.1, 0.15) is 24.5 Å². The van der Waals surface area contributed by atoms with Gasteiger partial charge in [0.05, 0.1) is 20.3 Å². The molecule has 148 valence electrons. The lowest BCUT2D eigenvalue weighted by molar-refractivity contribution is -0.187. The molecule has 0 N–H and O–H groups in total. The summed E-state index contributed by atoms with van der Waals surface area (Å²) in [7, 11) is 1.56. The van der Waals surface area contributed by atoms with Gasteiger partial charge in [0.15, 0.2) is 0 Å². The van der Waals surface area contributed by atoms with Gasteiger partial charge in [-0.05, 0) is 30.5 Å². The first kappa shape index (κ1) is 19.5. The number of nitrogens with zero attached hydrogens (tertiary/aromatic N) is 2. The first-order valence-corrected chi connectivity index (χ1v) is 8.73. The number of hydrogen-bond acceptors (Lipinski definition) is 4. The highest BCUT2D eigenvalue weighted by atomic mass is 19.4. The molecule has 2 saturated heterocycles. The van der Waals surface area contributed by atoms with Crippen molar-refractivity contribution in [3.8, 4) is 5.75 Å². The van der Waals surface area contributed by atoms with E-state index in [4.69, 9.17) is 9.47 Å². The number of rotatable bonds is 3. The maximum atomic E-state index is 12.8. The van der Waals surface area contributed by atoms with E-state index in [1.807, 2.05) is 12.1 Å². The van der Waals surface area contributed by atoms with Crippen molar-refractivity contribution >= 4 is 11.8 Å². The number of likely N-dealkylation sites (tertiary alicyclic amines) is 1. The number of amides is 2. The molecule has 2 fully saturated rings. The molecule has 6 nitrogen and oxygen atoms in total. The molecule has 2 heterocycles. The zero-order valence-electron chi connectivity index (χ0n) is 14.9. The number of carbonyl (C=O) groups excluding carboxylic acids is 2. The molecule has 2 atom stereocenters. The van der Waals surface area contributed by atoms with Crippen LogP contribution in [0.15, 0.2) is 24.3 Å². The number of morpholine rings is 1. The standard InChI is InChI=1S/C18H21F3N2O4/c1-26-13-6-4-12(5-7-13)15-11-22(9-10-27-15)16(24)14-3-2-8-23(14)17(25)18(19,20)21/h4-7,14-15H,2-3,8-11H2,1H3. The van der Waals surface area contributed by atoms with Crippen LogP contribution in [0.2, 0.25) is 0 Å². The third-order valence-electron chi connectivity index (χ3n) is 4.91. The SMILES string of the molecule is COc1ccc(C2CN(C(=O)C3CCCN3C(=O)C(F)(F)F)CCO2)cc1. The molecule has 0 aliphatic carbocycles. The molecule has 0 radical (unpaired) electrons. The Morgan fingerprint density at radius 2 is 1.89 bits per heavy atom. The molecule has 0 aromatic heterocycles. The van der Waals surface area contributed by atoms with E-state index in [2.05, 4.69) is 0 Å². The van der Waals surface area contributed by atoms with Gasteiger partial charge in [0.2, 0.25) is 5.91 Å². The van der Waals surface area contributed by atoms with Crippen LogP contribution in [0.25, 0.3) is 0 Å². The Hall–Kier alpha value is -2.29. The van der Waals surface area contributed by atoms with Gasteiger partial charge >= 0.3 is 12.1 Å². The predicted octanol–water partition coefficient (Wildman–Crippen LogP) is 2.15. The normalized spacial score (nSPS) is 23.4. The van der Waals surface area contributed by atoms with E-state index in [9.17, 15) is 22.8 Å². The van der Waals surface area contributed by atoms with Crippen LogP contribution >= 0.6 is 0 Å². The quantitative estimate of drug-likeness (QED) is 0.799. The van der Waals surface area contributed by atoms with Gasteiger partial charge in [0.1, 0.15) is 17.9 Å². The molecule has 2 aliphatic rings. The van der Waals surface area contributed by atoms with E-state index in [1.165, 1.54) is 4.90 Å². The Bertz CT molecular complexity index is 693. The van der Waals surface area contributed by atoms with Crippen molar-refractivity contribution in [2.45, 2.75) is 31.2 Å². The second kappa shape index (κ2) is 7.75. The van der Waals surface area contributed by atoms with Crippen LogP contribution < -0.4 is 4.74 Å². The van der Waals surface area contributed by atoms with Crippen LogP contribution in [0.5, 0.6) is 5.75 Å². The Morgan fingerprint density at radius 1 is 1.19 bits per heavy atom. The minimum absolute atomic E-state index is 0.0546. The van der Waals surface area contributed by atoms with Crippen molar-refractivity contribution in [3.05, 3.63) is 29.8 Å². The molecule has 0 spiro atoms. The van der Waals surface area contributed by atoms with Gasteiger partial charge in [-0.15, -0.1) is 0 Å². The fraction of sp³-hybridized carbons (Fsp3) is 0.556. The Morgan fingerprint density at radius 3 is 2.52 bits per heavy atom. The number of methoxy groups -OCH3 is 1. The summed E-state index contributed by atoms with van der Waals surface area (Å²) in [5.41, 5.74) is 0.850. The van der Waals surface area contributed by atoms with Crippen molar-refractivity contribution in [1.29, 1.82) is 0 Å². The number of halogens is 3. The average molecular weight is 386 g/mol. The molecule has 1 aromatic rings. The topological polar surface area (TPSA) is 59.1 Å². The molecule has 2 amide bonds. The molecular formula is C18H21F3N2O4. The van der Waals surface area contributed by atoms with E-state index >= 15 is 0 Å². The predicted molar refractivity (Wildman–Crippen MR) is 89.1 cm³/mol. The Kier molecular flexibility index (Phi) is 5.59. The number of alkyl halides is 3. The fourth-order valence-corrected chi connectivity index (χ4v) is 3.51. The first-order valence-electron chi connectivity index (χ1n) is 8.73. The zero-order valence-corrected chi connectivity index (χ0v) is 14.9. The maximum absolute atomic E-state index is 12.8. The van der Waals surface area contributed by atoms with Crippen LogP contribution in [-0.4, -0.2) is 67.2 Å². The van der Waals surface area contributed by atoms with Gasteiger partial charge in [-0.2, -0.15) is 13.2 Å². The summed E-state index contributed by atoms with van der Waals surface area (Å²) in [5.74, 6) is -1.71. The Labute approximate surface area is 154 Å². The molecular weight excluding hydrogens is 365 g/mol.